The van der Waals surface area contributed by atoms with Gasteiger partial charge < -0.3 is 10.1 Å². The normalized spacial score (nSPS) is 15.2. The number of nitrogens with zero attached hydrogens (tertiary/aromatic N) is 2. The van der Waals surface area contributed by atoms with E-state index < -0.39 is 6.10 Å². The molecule has 4 rings (SSSR count). The average molecular weight is 464 g/mol. The minimum atomic E-state index is -0.601. The standard InChI is InChI=1S/C26H29N3O3S/c1-4-6-7-18-8-11-20(12-9-18)28-25(30)15-29-22-14-19(21-16-33-17(3)27-21)10-13-24(22)32-23(5-2)26(29)31/h8-14,16,23H,4-7,15H2,1-3H3,(H,28,30). The van der Waals surface area contributed by atoms with Crippen molar-refractivity contribution in [2.45, 2.75) is 52.6 Å². The first kappa shape index (κ1) is 23.0. The first-order chi connectivity index (χ1) is 16.0. The van der Waals surface area contributed by atoms with Crippen molar-refractivity contribution in [3.05, 3.63) is 58.4 Å². The van der Waals surface area contributed by atoms with Crippen molar-refractivity contribution in [1.82, 2.24) is 4.98 Å². The van der Waals surface area contributed by atoms with Crippen LogP contribution in [0.25, 0.3) is 11.3 Å². The molecule has 0 fully saturated rings. The van der Waals surface area contributed by atoms with Crippen LogP contribution in [0.2, 0.25) is 0 Å². The van der Waals surface area contributed by atoms with Crippen LogP contribution < -0.4 is 15.0 Å². The molecule has 0 spiro atoms. The van der Waals surface area contributed by atoms with E-state index in [-0.39, 0.29) is 18.4 Å². The van der Waals surface area contributed by atoms with Gasteiger partial charge in [0.1, 0.15) is 12.3 Å². The van der Waals surface area contributed by atoms with Crippen LogP contribution in [0.4, 0.5) is 11.4 Å². The summed E-state index contributed by atoms with van der Waals surface area (Å²) in [7, 11) is 0. The number of thiazole rings is 1. The number of carbonyl (C=O) groups excluding carboxylic acids is 2. The summed E-state index contributed by atoms with van der Waals surface area (Å²) >= 11 is 1.57. The Morgan fingerprint density at radius 2 is 1.97 bits per heavy atom. The number of aryl methyl sites for hydroxylation is 2. The van der Waals surface area contributed by atoms with E-state index in [9.17, 15) is 9.59 Å². The van der Waals surface area contributed by atoms with E-state index in [1.807, 2.05) is 61.7 Å². The van der Waals surface area contributed by atoms with E-state index >= 15 is 0 Å². The molecule has 172 valence electrons. The molecule has 6 nitrogen and oxygen atoms in total. The monoisotopic (exact) mass is 463 g/mol. The summed E-state index contributed by atoms with van der Waals surface area (Å²) in [4.78, 5) is 32.1. The molecule has 0 saturated carbocycles. The molecule has 7 heteroatoms. The second-order valence-electron chi connectivity index (χ2n) is 8.22. The second kappa shape index (κ2) is 10.2. The average Bonchev–Trinajstić information content (AvgIpc) is 3.26. The minimum absolute atomic E-state index is 0.0805. The number of aromatic nitrogens is 1. The van der Waals surface area contributed by atoms with E-state index in [1.165, 1.54) is 10.5 Å². The highest BCUT2D eigenvalue weighted by Gasteiger charge is 2.34. The molecule has 1 unspecified atom stereocenters. The predicted octanol–water partition coefficient (Wildman–Crippen LogP) is 5.60. The Bertz CT molecular complexity index is 1140. The number of hydrogen-bond acceptors (Lipinski definition) is 5. The molecule has 2 aromatic carbocycles. The molecular formula is C26H29N3O3S. The lowest BCUT2D eigenvalue weighted by atomic mass is 10.1. The van der Waals surface area contributed by atoms with Crippen LogP contribution in [0, 0.1) is 6.92 Å². The SMILES string of the molecule is CCCCc1ccc(NC(=O)CN2C(=O)C(CC)Oc3ccc(-c4csc(C)n4)cc32)cc1. The van der Waals surface area contributed by atoms with Crippen molar-refractivity contribution < 1.29 is 14.3 Å². The third kappa shape index (κ3) is 5.25. The lowest BCUT2D eigenvalue weighted by molar-refractivity contribution is -0.128. The number of rotatable bonds is 8. The molecule has 1 N–H and O–H groups in total. The third-order valence-electron chi connectivity index (χ3n) is 5.70. The first-order valence-electron chi connectivity index (χ1n) is 11.4. The zero-order valence-corrected chi connectivity index (χ0v) is 20.1. The van der Waals surface area contributed by atoms with Crippen LogP contribution in [-0.2, 0) is 16.0 Å². The van der Waals surface area contributed by atoms with Crippen LogP contribution in [0.15, 0.2) is 47.8 Å². The Morgan fingerprint density at radius 1 is 1.18 bits per heavy atom. The molecule has 2 amide bonds. The molecule has 2 heterocycles. The number of nitrogens with one attached hydrogen (secondary N) is 1. The number of hydrogen-bond donors (Lipinski definition) is 1. The van der Waals surface area contributed by atoms with Crippen LogP contribution in [0.5, 0.6) is 5.75 Å². The summed E-state index contributed by atoms with van der Waals surface area (Å²) < 4.78 is 5.92. The number of amides is 2. The van der Waals surface area contributed by atoms with Gasteiger partial charge in [-0.2, -0.15) is 0 Å². The molecule has 1 aliphatic heterocycles. The van der Waals surface area contributed by atoms with Gasteiger partial charge in [0.25, 0.3) is 5.91 Å². The minimum Gasteiger partial charge on any atom is -0.478 e. The first-order valence-corrected chi connectivity index (χ1v) is 12.3. The van der Waals surface area contributed by atoms with Gasteiger partial charge in [0.15, 0.2) is 6.10 Å². The van der Waals surface area contributed by atoms with Gasteiger partial charge in [-0.05, 0) is 62.1 Å². The fourth-order valence-electron chi connectivity index (χ4n) is 3.88. The molecule has 1 atom stereocenters. The maximum atomic E-state index is 13.1. The molecule has 0 bridgehead atoms. The van der Waals surface area contributed by atoms with Crippen molar-refractivity contribution in [1.29, 1.82) is 0 Å². The summed E-state index contributed by atoms with van der Waals surface area (Å²) in [5.74, 6) is 0.147. The molecule has 1 aromatic heterocycles. The van der Waals surface area contributed by atoms with Crippen molar-refractivity contribution >= 4 is 34.5 Å². The van der Waals surface area contributed by atoms with E-state index in [2.05, 4.69) is 17.2 Å². The highest BCUT2D eigenvalue weighted by molar-refractivity contribution is 7.09. The van der Waals surface area contributed by atoms with Gasteiger partial charge in [0.2, 0.25) is 5.91 Å². The summed E-state index contributed by atoms with van der Waals surface area (Å²) in [6, 6.07) is 13.6. The van der Waals surface area contributed by atoms with Crippen molar-refractivity contribution in [3.63, 3.8) is 0 Å². The molecule has 0 aliphatic carbocycles. The summed E-state index contributed by atoms with van der Waals surface area (Å²) in [5, 5.41) is 5.88. The van der Waals surface area contributed by atoms with E-state index in [0.29, 0.717) is 17.9 Å². The van der Waals surface area contributed by atoms with Crippen LogP contribution in [0.1, 0.15) is 43.7 Å². The quantitative estimate of drug-likeness (QED) is 0.472. The van der Waals surface area contributed by atoms with Crippen LogP contribution in [0.3, 0.4) is 0 Å². The number of unbranched alkanes of at least 4 members (excludes halogenated alkanes) is 1. The van der Waals surface area contributed by atoms with Gasteiger partial charge in [-0.1, -0.05) is 32.4 Å². The van der Waals surface area contributed by atoms with Crippen LogP contribution >= 0.6 is 11.3 Å². The van der Waals surface area contributed by atoms with E-state index in [1.54, 1.807) is 11.3 Å². The Morgan fingerprint density at radius 3 is 2.64 bits per heavy atom. The largest absolute Gasteiger partial charge is 0.478 e. The summed E-state index contributed by atoms with van der Waals surface area (Å²) in [6.45, 7) is 5.95. The van der Waals surface area contributed by atoms with Crippen LogP contribution in [-0.4, -0.2) is 29.4 Å². The molecule has 0 saturated heterocycles. The molecule has 3 aromatic rings. The fraction of sp³-hybridized carbons (Fsp3) is 0.346. The topological polar surface area (TPSA) is 71.5 Å². The van der Waals surface area contributed by atoms with E-state index in [4.69, 9.17) is 4.74 Å². The molecule has 33 heavy (non-hydrogen) atoms. The van der Waals surface area contributed by atoms with Gasteiger partial charge in [-0.15, -0.1) is 11.3 Å². The Balaban J connectivity index is 1.54. The van der Waals surface area contributed by atoms with Gasteiger partial charge in [0.05, 0.1) is 16.4 Å². The van der Waals surface area contributed by atoms with Crippen molar-refractivity contribution in [2.24, 2.45) is 0 Å². The number of carbonyl (C=O) groups is 2. The molecule has 0 radical (unpaired) electrons. The lowest BCUT2D eigenvalue weighted by Gasteiger charge is -2.34. The molecule has 1 aliphatic rings. The maximum absolute atomic E-state index is 13.1. The van der Waals surface area contributed by atoms with Gasteiger partial charge >= 0.3 is 0 Å². The predicted molar refractivity (Wildman–Crippen MR) is 133 cm³/mol. The van der Waals surface area contributed by atoms with Gasteiger partial charge in [0, 0.05) is 16.6 Å². The Kier molecular flexibility index (Phi) is 7.08. The number of fused-ring (bicyclic) bond motifs is 1. The lowest BCUT2D eigenvalue weighted by Crippen LogP contribution is -2.48. The Hall–Kier alpha value is -3.19. The number of ether oxygens (including phenoxy) is 1. The Labute approximate surface area is 198 Å². The molecular weight excluding hydrogens is 434 g/mol. The van der Waals surface area contributed by atoms with Gasteiger partial charge in [-0.25, -0.2) is 4.98 Å². The maximum Gasteiger partial charge on any atom is 0.268 e. The zero-order valence-electron chi connectivity index (χ0n) is 19.3. The second-order valence-corrected chi connectivity index (χ2v) is 9.28. The number of benzene rings is 2. The zero-order chi connectivity index (χ0) is 23.4. The fourth-order valence-corrected chi connectivity index (χ4v) is 4.50. The van der Waals surface area contributed by atoms with Crippen molar-refractivity contribution in [3.8, 4) is 17.0 Å². The highest BCUT2D eigenvalue weighted by atomic mass is 32.1. The summed E-state index contributed by atoms with van der Waals surface area (Å²) in [6.07, 6.45) is 3.25. The smallest absolute Gasteiger partial charge is 0.268 e. The number of anilines is 2. The third-order valence-corrected chi connectivity index (χ3v) is 6.48. The van der Waals surface area contributed by atoms with Crippen molar-refractivity contribution in [2.75, 3.05) is 16.8 Å². The van der Waals surface area contributed by atoms with E-state index in [0.717, 1.165) is 41.2 Å². The van der Waals surface area contributed by atoms with Gasteiger partial charge in [-0.3, -0.25) is 14.5 Å². The highest BCUT2D eigenvalue weighted by Crippen LogP contribution is 2.38. The summed E-state index contributed by atoms with van der Waals surface area (Å²) in [5.41, 5.74) is 4.30.